The molecule has 0 spiro atoms. The Labute approximate surface area is 93.2 Å². The highest BCUT2D eigenvalue weighted by Gasteiger charge is 1.94. The number of hydrogen-bond acceptors (Lipinski definition) is 4. The highest BCUT2D eigenvalue weighted by atomic mass is 16.7. The van der Waals surface area contributed by atoms with E-state index in [1.807, 2.05) is 20.8 Å². The third kappa shape index (κ3) is 13.6. The van der Waals surface area contributed by atoms with Crippen molar-refractivity contribution in [1.82, 2.24) is 0 Å². The summed E-state index contributed by atoms with van der Waals surface area (Å²) in [4.78, 5) is 0. The molecule has 0 rings (SSSR count). The Hall–Kier alpha value is -0.420. The van der Waals surface area contributed by atoms with Gasteiger partial charge < -0.3 is 18.9 Å². The number of methoxy groups -OCH3 is 2. The normalized spacial score (nSPS) is 10.1. The van der Waals surface area contributed by atoms with E-state index in [0.717, 1.165) is 13.2 Å². The fourth-order valence-corrected chi connectivity index (χ4v) is 0.806. The lowest BCUT2D eigenvalue weighted by atomic mass is 10.6. The third-order valence-corrected chi connectivity index (χ3v) is 1.46. The van der Waals surface area contributed by atoms with Crippen molar-refractivity contribution in [2.45, 2.75) is 33.4 Å². The summed E-state index contributed by atoms with van der Waals surface area (Å²) < 4.78 is 19.5. The van der Waals surface area contributed by atoms with Crippen molar-refractivity contribution in [3.63, 3.8) is 0 Å². The first kappa shape index (κ1) is 17.0. The van der Waals surface area contributed by atoms with E-state index in [1.54, 1.807) is 20.3 Å². The summed E-state index contributed by atoms with van der Waals surface area (Å²) in [6, 6.07) is 0. The Morgan fingerprint density at radius 1 is 1.07 bits per heavy atom. The zero-order valence-electron chi connectivity index (χ0n) is 10.5. The van der Waals surface area contributed by atoms with Gasteiger partial charge in [0.2, 0.25) is 0 Å². The van der Waals surface area contributed by atoms with Gasteiger partial charge in [0, 0.05) is 27.4 Å². The number of ether oxygens (including phenoxy) is 4. The predicted molar refractivity (Wildman–Crippen MR) is 60.7 cm³/mol. The highest BCUT2D eigenvalue weighted by Crippen LogP contribution is 1.90. The molecule has 0 amide bonds. The molecule has 0 aliphatic rings. The molecule has 0 N–H and O–H groups in total. The fraction of sp³-hybridized carbons (Fsp3) is 0.818. The van der Waals surface area contributed by atoms with Crippen molar-refractivity contribution in [3.05, 3.63) is 12.7 Å². The molecule has 0 bridgehead atoms. The molecular weight excluding hydrogens is 196 g/mol. The molecule has 0 aromatic carbocycles. The van der Waals surface area contributed by atoms with E-state index < -0.39 is 0 Å². The van der Waals surface area contributed by atoms with Crippen molar-refractivity contribution >= 4 is 0 Å². The Bertz CT molecular complexity index is 118. The van der Waals surface area contributed by atoms with Crippen LogP contribution >= 0.6 is 0 Å². The molecule has 0 aromatic rings. The maximum atomic E-state index is 5.06. The van der Waals surface area contributed by atoms with Gasteiger partial charge >= 0.3 is 0 Å². The average molecular weight is 220 g/mol. The first-order valence-electron chi connectivity index (χ1n) is 5.07. The molecule has 0 aliphatic carbocycles. The van der Waals surface area contributed by atoms with Crippen LogP contribution in [-0.4, -0.2) is 40.0 Å². The topological polar surface area (TPSA) is 36.9 Å². The largest absolute Gasteiger partial charge is 0.353 e. The predicted octanol–water partition coefficient (Wildman–Crippen LogP) is 2.20. The van der Waals surface area contributed by atoms with E-state index in [4.69, 9.17) is 18.9 Å². The molecule has 4 nitrogen and oxygen atoms in total. The van der Waals surface area contributed by atoms with Gasteiger partial charge in [0.1, 0.15) is 0 Å². The smallest absolute Gasteiger partial charge is 0.175 e. The SMILES string of the molecule is C=CC(OC)OC.CCOC(C)OCC. The van der Waals surface area contributed by atoms with Crippen LogP contribution in [0.25, 0.3) is 0 Å². The zero-order valence-corrected chi connectivity index (χ0v) is 10.5. The van der Waals surface area contributed by atoms with Gasteiger partial charge in [-0.15, -0.1) is 0 Å². The van der Waals surface area contributed by atoms with Gasteiger partial charge in [0.25, 0.3) is 0 Å². The van der Waals surface area contributed by atoms with Gasteiger partial charge in [-0.3, -0.25) is 0 Å². The minimum atomic E-state index is -0.250. The monoisotopic (exact) mass is 220 g/mol. The van der Waals surface area contributed by atoms with E-state index in [-0.39, 0.29) is 12.6 Å². The van der Waals surface area contributed by atoms with Crippen molar-refractivity contribution < 1.29 is 18.9 Å². The van der Waals surface area contributed by atoms with Crippen LogP contribution in [0.15, 0.2) is 12.7 Å². The van der Waals surface area contributed by atoms with E-state index in [1.165, 1.54) is 0 Å². The van der Waals surface area contributed by atoms with E-state index in [0.29, 0.717) is 0 Å². The lowest BCUT2D eigenvalue weighted by Crippen LogP contribution is -2.11. The van der Waals surface area contributed by atoms with Gasteiger partial charge in [0.15, 0.2) is 12.6 Å². The molecule has 0 fully saturated rings. The van der Waals surface area contributed by atoms with Gasteiger partial charge in [-0.05, 0) is 26.8 Å². The van der Waals surface area contributed by atoms with Gasteiger partial charge in [-0.25, -0.2) is 0 Å². The molecular formula is C11H24O4. The van der Waals surface area contributed by atoms with Crippen LogP contribution in [0.2, 0.25) is 0 Å². The molecule has 0 unspecified atom stereocenters. The van der Waals surface area contributed by atoms with Crippen LogP contribution in [0, 0.1) is 0 Å². The fourth-order valence-electron chi connectivity index (χ4n) is 0.806. The van der Waals surface area contributed by atoms with E-state index >= 15 is 0 Å². The molecule has 0 heterocycles. The summed E-state index contributed by atoms with van der Waals surface area (Å²) in [7, 11) is 3.13. The van der Waals surface area contributed by atoms with Crippen molar-refractivity contribution in [2.24, 2.45) is 0 Å². The minimum Gasteiger partial charge on any atom is -0.353 e. The summed E-state index contributed by atoms with van der Waals surface area (Å²) in [6.07, 6.45) is 1.30. The standard InChI is InChI=1S/C6H14O2.C5H10O2/c1-4-7-6(3)8-5-2;1-4-5(6-2)7-3/h6H,4-5H2,1-3H3;4-5H,1H2,2-3H3. The van der Waals surface area contributed by atoms with Crippen LogP contribution in [0.4, 0.5) is 0 Å². The van der Waals surface area contributed by atoms with Crippen LogP contribution in [0.1, 0.15) is 20.8 Å². The molecule has 0 radical (unpaired) electrons. The minimum absolute atomic E-state index is 0.0370. The molecule has 0 aliphatic heterocycles. The van der Waals surface area contributed by atoms with Crippen molar-refractivity contribution in [3.8, 4) is 0 Å². The Balaban J connectivity index is 0. The lowest BCUT2D eigenvalue weighted by Gasteiger charge is -2.09. The Morgan fingerprint density at radius 2 is 1.47 bits per heavy atom. The van der Waals surface area contributed by atoms with Gasteiger partial charge in [-0.2, -0.15) is 0 Å². The molecule has 0 saturated carbocycles. The third-order valence-electron chi connectivity index (χ3n) is 1.46. The van der Waals surface area contributed by atoms with Crippen LogP contribution in [0.3, 0.4) is 0 Å². The summed E-state index contributed by atoms with van der Waals surface area (Å²) >= 11 is 0. The van der Waals surface area contributed by atoms with Crippen molar-refractivity contribution in [1.29, 1.82) is 0 Å². The molecule has 4 heteroatoms. The van der Waals surface area contributed by atoms with Crippen molar-refractivity contribution in [2.75, 3.05) is 27.4 Å². The maximum Gasteiger partial charge on any atom is 0.175 e. The summed E-state index contributed by atoms with van der Waals surface area (Å²) in [6.45, 7) is 10.7. The second-order valence-corrected chi connectivity index (χ2v) is 2.55. The quantitative estimate of drug-likeness (QED) is 0.487. The second kappa shape index (κ2) is 13.6. The second-order valence-electron chi connectivity index (χ2n) is 2.55. The summed E-state index contributed by atoms with van der Waals surface area (Å²) in [5, 5.41) is 0. The highest BCUT2D eigenvalue weighted by molar-refractivity contribution is 4.70. The van der Waals surface area contributed by atoms with Gasteiger partial charge in [-0.1, -0.05) is 6.58 Å². The Kier molecular flexibility index (Phi) is 15.4. The molecule has 92 valence electrons. The Morgan fingerprint density at radius 3 is 1.60 bits per heavy atom. The number of hydrogen-bond donors (Lipinski definition) is 0. The summed E-state index contributed by atoms with van der Waals surface area (Å²) in [5.74, 6) is 0. The first-order valence-corrected chi connectivity index (χ1v) is 5.07. The zero-order chi connectivity index (χ0) is 12.1. The number of rotatable bonds is 7. The average Bonchev–Trinajstić information content (AvgIpc) is 2.22. The van der Waals surface area contributed by atoms with Gasteiger partial charge in [0.05, 0.1) is 0 Å². The summed E-state index contributed by atoms with van der Waals surface area (Å²) in [5.41, 5.74) is 0. The van der Waals surface area contributed by atoms with Crippen LogP contribution in [0.5, 0.6) is 0 Å². The molecule has 15 heavy (non-hydrogen) atoms. The van der Waals surface area contributed by atoms with E-state index in [2.05, 4.69) is 6.58 Å². The maximum absolute atomic E-state index is 5.06. The first-order chi connectivity index (χ1) is 7.15. The van der Waals surface area contributed by atoms with Crippen LogP contribution < -0.4 is 0 Å². The molecule has 0 atom stereocenters. The van der Waals surface area contributed by atoms with E-state index in [9.17, 15) is 0 Å². The van der Waals surface area contributed by atoms with Crippen LogP contribution in [-0.2, 0) is 18.9 Å². The molecule has 0 saturated heterocycles. The molecule has 0 aromatic heterocycles. The lowest BCUT2D eigenvalue weighted by molar-refractivity contribution is -0.123.